The fraction of sp³-hybridized carbons (Fsp3) is 0.318. The number of hydrogen-bond donors (Lipinski definition) is 1. The Bertz CT molecular complexity index is 720. The Hall–Kier alpha value is -2.35. The fourth-order valence-electron chi connectivity index (χ4n) is 2.64. The lowest BCUT2D eigenvalue weighted by atomic mass is 10.0. The van der Waals surface area contributed by atoms with E-state index in [1.165, 1.54) is 24.0 Å². The summed E-state index contributed by atoms with van der Waals surface area (Å²) < 4.78 is 0. The van der Waals surface area contributed by atoms with Crippen molar-refractivity contribution in [2.75, 3.05) is 5.73 Å². The summed E-state index contributed by atoms with van der Waals surface area (Å²) in [7, 11) is 0. The Kier molecular flexibility index (Phi) is 8.56. The molecule has 0 aliphatic heterocycles. The number of unbranched alkanes of at least 4 members (excludes halogenated alkanes) is 1. The number of hydrogen-bond acceptors (Lipinski definition) is 2. The monoisotopic (exact) mass is 322 g/mol. The Morgan fingerprint density at radius 2 is 1.42 bits per heavy atom. The van der Waals surface area contributed by atoms with Crippen molar-refractivity contribution in [1.82, 2.24) is 4.98 Å². The van der Waals surface area contributed by atoms with Gasteiger partial charge in [-0.25, -0.2) is 4.98 Å². The smallest absolute Gasteiger partial charge is 0.124 e. The van der Waals surface area contributed by atoms with Crippen molar-refractivity contribution in [3.05, 3.63) is 71.8 Å². The van der Waals surface area contributed by atoms with Crippen LogP contribution < -0.4 is 5.73 Å². The lowest BCUT2D eigenvalue weighted by Gasteiger charge is -2.05. The average molecular weight is 322 g/mol. The van der Waals surface area contributed by atoms with Crippen LogP contribution in [0, 0.1) is 0 Å². The van der Waals surface area contributed by atoms with Crippen LogP contribution in [0.25, 0.3) is 10.9 Å². The Morgan fingerprint density at radius 3 is 2.12 bits per heavy atom. The highest BCUT2D eigenvalue weighted by atomic mass is 14.8. The molecule has 3 rings (SSSR count). The van der Waals surface area contributed by atoms with Crippen molar-refractivity contribution in [3.63, 3.8) is 0 Å². The molecule has 2 aromatic carbocycles. The lowest BCUT2D eigenvalue weighted by Crippen LogP contribution is -1.92. The van der Waals surface area contributed by atoms with Crippen LogP contribution in [0.5, 0.6) is 0 Å². The summed E-state index contributed by atoms with van der Waals surface area (Å²) in [6, 6.07) is 21.0. The molecule has 24 heavy (non-hydrogen) atoms. The molecule has 0 atom stereocenters. The second-order valence-electron chi connectivity index (χ2n) is 5.46. The molecule has 128 valence electrons. The Balaban J connectivity index is 0.000000925. The largest absolute Gasteiger partial charge is 0.384 e. The van der Waals surface area contributed by atoms with Crippen molar-refractivity contribution < 1.29 is 0 Å². The molecule has 0 radical (unpaired) electrons. The van der Waals surface area contributed by atoms with Gasteiger partial charge in [-0.3, -0.25) is 0 Å². The summed E-state index contributed by atoms with van der Waals surface area (Å²) in [4.78, 5) is 4.39. The van der Waals surface area contributed by atoms with Crippen molar-refractivity contribution in [1.29, 1.82) is 0 Å². The molecule has 0 unspecified atom stereocenters. The van der Waals surface area contributed by atoms with E-state index in [-0.39, 0.29) is 7.43 Å². The molecular formula is C22H30N2. The van der Waals surface area contributed by atoms with E-state index in [4.69, 9.17) is 5.73 Å². The predicted molar refractivity (Wildman–Crippen MR) is 107 cm³/mol. The van der Waals surface area contributed by atoms with Gasteiger partial charge in [-0.1, -0.05) is 63.7 Å². The highest BCUT2D eigenvalue weighted by Crippen LogP contribution is 2.17. The van der Waals surface area contributed by atoms with Gasteiger partial charge in [0.05, 0.1) is 5.52 Å². The number of nitrogen functional groups attached to an aromatic ring is 1. The zero-order chi connectivity index (χ0) is 16.5. The number of nitrogens with zero attached hydrogens (tertiary/aromatic N) is 1. The standard InChI is InChI=1S/C19H20N2.C2H6.CH4/c20-19-13-12-17-11-10-16(14-18(17)21-19)9-5-4-8-15-6-2-1-3-7-15;1-2;/h1-3,6-7,10-14H,4-5,8-9H2,(H2,20,21);1-2H3;1H4. The molecule has 0 bridgehead atoms. The van der Waals surface area contributed by atoms with E-state index in [0.29, 0.717) is 5.82 Å². The van der Waals surface area contributed by atoms with Crippen LogP contribution >= 0.6 is 0 Å². The minimum absolute atomic E-state index is 0. The molecule has 0 saturated carbocycles. The number of anilines is 1. The van der Waals surface area contributed by atoms with E-state index in [9.17, 15) is 0 Å². The zero-order valence-corrected chi connectivity index (χ0v) is 14.1. The topological polar surface area (TPSA) is 38.9 Å². The summed E-state index contributed by atoms with van der Waals surface area (Å²) >= 11 is 0. The first-order chi connectivity index (χ1) is 11.3. The number of aromatic nitrogens is 1. The number of fused-ring (bicyclic) bond motifs is 1. The molecule has 0 saturated heterocycles. The lowest BCUT2D eigenvalue weighted by molar-refractivity contribution is 0.735. The predicted octanol–water partition coefficient (Wildman–Crippen LogP) is 6.04. The van der Waals surface area contributed by atoms with Crippen molar-refractivity contribution in [2.45, 2.75) is 47.0 Å². The molecule has 2 heteroatoms. The normalized spacial score (nSPS) is 9.75. The van der Waals surface area contributed by atoms with Gasteiger partial charge in [0, 0.05) is 5.39 Å². The van der Waals surface area contributed by atoms with E-state index in [2.05, 4.69) is 53.5 Å². The molecule has 2 N–H and O–H groups in total. The van der Waals surface area contributed by atoms with Gasteiger partial charge in [-0.05, 0) is 55.0 Å². The van der Waals surface area contributed by atoms with Gasteiger partial charge in [0.15, 0.2) is 0 Å². The maximum atomic E-state index is 5.75. The molecule has 1 heterocycles. The highest BCUT2D eigenvalue weighted by molar-refractivity contribution is 5.80. The van der Waals surface area contributed by atoms with E-state index in [1.54, 1.807) is 0 Å². The van der Waals surface area contributed by atoms with E-state index < -0.39 is 0 Å². The fourth-order valence-corrected chi connectivity index (χ4v) is 2.64. The van der Waals surface area contributed by atoms with Crippen molar-refractivity contribution in [2.24, 2.45) is 0 Å². The number of benzene rings is 2. The van der Waals surface area contributed by atoms with Crippen molar-refractivity contribution >= 4 is 16.7 Å². The third-order valence-electron chi connectivity index (χ3n) is 3.80. The Morgan fingerprint density at radius 1 is 0.792 bits per heavy atom. The maximum Gasteiger partial charge on any atom is 0.124 e. The van der Waals surface area contributed by atoms with Crippen LogP contribution in [0.1, 0.15) is 45.2 Å². The third-order valence-corrected chi connectivity index (χ3v) is 3.80. The van der Waals surface area contributed by atoms with Gasteiger partial charge in [0.25, 0.3) is 0 Å². The first-order valence-corrected chi connectivity index (χ1v) is 8.50. The third kappa shape index (κ3) is 5.69. The molecular weight excluding hydrogens is 292 g/mol. The van der Waals surface area contributed by atoms with Gasteiger partial charge in [-0.2, -0.15) is 0 Å². The molecule has 1 aromatic heterocycles. The van der Waals surface area contributed by atoms with Gasteiger partial charge in [-0.15, -0.1) is 0 Å². The quantitative estimate of drug-likeness (QED) is 0.581. The van der Waals surface area contributed by atoms with Crippen molar-refractivity contribution in [3.8, 4) is 0 Å². The van der Waals surface area contributed by atoms with Crippen LogP contribution in [-0.4, -0.2) is 4.98 Å². The Labute approximate surface area is 146 Å². The minimum Gasteiger partial charge on any atom is -0.384 e. The van der Waals surface area contributed by atoms with Gasteiger partial charge in [0.2, 0.25) is 0 Å². The summed E-state index contributed by atoms with van der Waals surface area (Å²) in [5.41, 5.74) is 9.51. The molecule has 0 spiro atoms. The van der Waals surface area contributed by atoms with E-state index in [0.717, 1.165) is 23.7 Å². The maximum absolute atomic E-state index is 5.75. The van der Waals surface area contributed by atoms with Gasteiger partial charge >= 0.3 is 0 Å². The number of rotatable bonds is 5. The second kappa shape index (κ2) is 10.4. The van der Waals surface area contributed by atoms with Gasteiger partial charge < -0.3 is 5.73 Å². The molecule has 2 nitrogen and oxygen atoms in total. The second-order valence-corrected chi connectivity index (χ2v) is 5.46. The number of nitrogens with two attached hydrogens (primary N) is 1. The van der Waals surface area contributed by atoms with Crippen LogP contribution in [0.4, 0.5) is 5.82 Å². The first-order valence-electron chi connectivity index (χ1n) is 8.50. The number of pyridine rings is 1. The average Bonchev–Trinajstić information content (AvgIpc) is 2.61. The van der Waals surface area contributed by atoms with Gasteiger partial charge in [0.1, 0.15) is 5.82 Å². The molecule has 0 aliphatic rings. The van der Waals surface area contributed by atoms with E-state index >= 15 is 0 Å². The highest BCUT2D eigenvalue weighted by Gasteiger charge is 1.99. The molecule has 0 fully saturated rings. The first kappa shape index (κ1) is 19.7. The summed E-state index contributed by atoms with van der Waals surface area (Å²) in [5.74, 6) is 0.587. The summed E-state index contributed by atoms with van der Waals surface area (Å²) in [6.45, 7) is 4.00. The molecule has 3 aromatic rings. The summed E-state index contributed by atoms with van der Waals surface area (Å²) in [5, 5.41) is 1.15. The molecule has 0 amide bonds. The van der Waals surface area contributed by atoms with E-state index in [1.807, 2.05) is 26.0 Å². The minimum atomic E-state index is 0. The number of aryl methyl sites for hydroxylation is 2. The van der Waals surface area contributed by atoms with Crippen LogP contribution in [0.2, 0.25) is 0 Å². The summed E-state index contributed by atoms with van der Waals surface area (Å²) in [6.07, 6.45) is 4.66. The van der Waals surface area contributed by atoms with Crippen LogP contribution in [0.3, 0.4) is 0 Å². The van der Waals surface area contributed by atoms with Crippen LogP contribution in [-0.2, 0) is 12.8 Å². The zero-order valence-electron chi connectivity index (χ0n) is 14.1. The van der Waals surface area contributed by atoms with Crippen LogP contribution in [0.15, 0.2) is 60.7 Å². The SMILES string of the molecule is C.CC.Nc1ccc2ccc(CCCCc3ccccc3)cc2n1. The molecule has 0 aliphatic carbocycles.